The fraction of sp³-hybridized carbons (Fsp3) is 0.600. The van der Waals surface area contributed by atoms with Crippen LogP contribution in [-0.4, -0.2) is 41.0 Å². The van der Waals surface area contributed by atoms with Gasteiger partial charge in [-0.1, -0.05) is 25.0 Å². The largest absolute Gasteiger partial charge is 0.440 e. The van der Waals surface area contributed by atoms with Crippen molar-refractivity contribution in [2.75, 3.05) is 13.1 Å². The number of rotatable bonds is 4. The lowest BCUT2D eigenvalue weighted by Crippen LogP contribution is -2.50. The molecule has 0 unspecified atom stereocenters. The first-order chi connectivity index (χ1) is 12.2. The van der Waals surface area contributed by atoms with E-state index in [-0.39, 0.29) is 11.9 Å². The van der Waals surface area contributed by atoms with Gasteiger partial charge in [-0.05, 0) is 57.8 Å². The normalized spacial score (nSPS) is 21.6. The third kappa shape index (κ3) is 3.56. The molecule has 1 amide bonds. The summed E-state index contributed by atoms with van der Waals surface area (Å²) >= 11 is 0. The van der Waals surface area contributed by atoms with Gasteiger partial charge in [-0.2, -0.15) is 0 Å². The summed E-state index contributed by atoms with van der Waals surface area (Å²) < 4.78 is 5.93. The van der Waals surface area contributed by atoms with E-state index < -0.39 is 0 Å². The summed E-state index contributed by atoms with van der Waals surface area (Å²) in [6.45, 7) is 3.87. The zero-order chi connectivity index (χ0) is 17.2. The molecule has 1 aliphatic carbocycles. The number of hydrogen-bond donors (Lipinski definition) is 1. The predicted molar refractivity (Wildman–Crippen MR) is 97.4 cm³/mol. The average molecular weight is 341 g/mol. The Labute approximate surface area is 148 Å². The summed E-state index contributed by atoms with van der Waals surface area (Å²) in [6.07, 6.45) is 6.75. The quantitative estimate of drug-likeness (QED) is 0.925. The highest BCUT2D eigenvalue weighted by molar-refractivity contribution is 5.81. The summed E-state index contributed by atoms with van der Waals surface area (Å²) in [5.74, 6) is 1.39. The summed E-state index contributed by atoms with van der Waals surface area (Å²) in [7, 11) is 0. The molecule has 5 nitrogen and oxygen atoms in total. The number of fused-ring (bicyclic) bond motifs is 1. The SMILES string of the molecule is C[C@H](C(=O)NC1CCCC1)N1CCC(c2nc3ccccc3o2)CC1. The van der Waals surface area contributed by atoms with Crippen LogP contribution in [0.3, 0.4) is 0 Å². The van der Waals surface area contributed by atoms with Crippen LogP contribution in [0.1, 0.15) is 57.3 Å². The zero-order valence-electron chi connectivity index (χ0n) is 14.9. The van der Waals surface area contributed by atoms with Gasteiger partial charge in [0, 0.05) is 12.0 Å². The van der Waals surface area contributed by atoms with E-state index in [2.05, 4.69) is 15.2 Å². The van der Waals surface area contributed by atoms with Crippen LogP contribution in [0.15, 0.2) is 28.7 Å². The second-order valence-electron chi connectivity index (χ2n) is 7.50. The Morgan fingerprint density at radius 3 is 2.64 bits per heavy atom. The molecule has 5 heteroatoms. The topological polar surface area (TPSA) is 58.4 Å². The van der Waals surface area contributed by atoms with Crippen LogP contribution >= 0.6 is 0 Å². The fourth-order valence-electron chi connectivity index (χ4n) is 4.16. The van der Waals surface area contributed by atoms with Gasteiger partial charge in [0.25, 0.3) is 0 Å². The molecule has 2 heterocycles. The standard InChI is InChI=1S/C20H27N3O2/c1-14(19(24)21-16-6-2-3-7-16)23-12-10-15(11-13-23)20-22-17-8-4-5-9-18(17)25-20/h4-5,8-9,14-16H,2-3,6-7,10-13H2,1H3,(H,21,24)/t14-/m1/s1. The minimum absolute atomic E-state index is 0.0508. The summed E-state index contributed by atoms with van der Waals surface area (Å²) in [5.41, 5.74) is 1.80. The number of piperidine rings is 1. The van der Waals surface area contributed by atoms with Crippen LogP contribution in [0.2, 0.25) is 0 Å². The molecule has 0 spiro atoms. The second kappa shape index (κ2) is 7.16. The van der Waals surface area contributed by atoms with Crippen LogP contribution in [0.5, 0.6) is 0 Å². The molecule has 1 saturated carbocycles. The average Bonchev–Trinajstić information content (AvgIpc) is 3.30. The predicted octanol–water partition coefficient (Wildman–Crippen LogP) is 3.45. The Bertz CT molecular complexity index is 694. The lowest BCUT2D eigenvalue weighted by Gasteiger charge is -2.34. The van der Waals surface area contributed by atoms with E-state index >= 15 is 0 Å². The lowest BCUT2D eigenvalue weighted by molar-refractivity contribution is -0.127. The smallest absolute Gasteiger partial charge is 0.237 e. The Balaban J connectivity index is 1.33. The van der Waals surface area contributed by atoms with Crippen molar-refractivity contribution in [2.45, 2.75) is 63.5 Å². The van der Waals surface area contributed by atoms with Crippen molar-refractivity contribution in [3.05, 3.63) is 30.2 Å². The highest BCUT2D eigenvalue weighted by Crippen LogP contribution is 2.30. The van der Waals surface area contributed by atoms with E-state index in [0.29, 0.717) is 12.0 Å². The first kappa shape index (κ1) is 16.6. The number of hydrogen-bond acceptors (Lipinski definition) is 4. The van der Waals surface area contributed by atoms with Gasteiger partial charge < -0.3 is 9.73 Å². The third-order valence-electron chi connectivity index (χ3n) is 5.82. The Morgan fingerprint density at radius 1 is 1.20 bits per heavy atom. The number of oxazole rings is 1. The van der Waals surface area contributed by atoms with Crippen LogP contribution in [0, 0.1) is 0 Å². The molecular weight excluding hydrogens is 314 g/mol. The van der Waals surface area contributed by atoms with Crippen molar-refractivity contribution in [3.63, 3.8) is 0 Å². The molecule has 2 fully saturated rings. The molecule has 2 aliphatic rings. The number of benzene rings is 1. The van der Waals surface area contributed by atoms with Gasteiger partial charge in [-0.15, -0.1) is 0 Å². The lowest BCUT2D eigenvalue weighted by atomic mass is 9.95. The molecule has 0 bridgehead atoms. The Hall–Kier alpha value is -1.88. The summed E-state index contributed by atoms with van der Waals surface area (Å²) in [4.78, 5) is 19.4. The minimum atomic E-state index is -0.0508. The molecule has 1 N–H and O–H groups in total. The molecule has 1 aromatic carbocycles. The number of nitrogens with one attached hydrogen (secondary N) is 1. The molecule has 1 atom stereocenters. The molecule has 2 aromatic rings. The van der Waals surface area contributed by atoms with Gasteiger partial charge in [0.1, 0.15) is 5.52 Å². The second-order valence-corrected chi connectivity index (χ2v) is 7.50. The minimum Gasteiger partial charge on any atom is -0.440 e. The van der Waals surface area contributed by atoms with E-state index in [9.17, 15) is 4.79 Å². The van der Waals surface area contributed by atoms with E-state index in [0.717, 1.165) is 55.8 Å². The zero-order valence-corrected chi connectivity index (χ0v) is 14.9. The van der Waals surface area contributed by atoms with Crippen molar-refractivity contribution in [1.29, 1.82) is 0 Å². The number of likely N-dealkylation sites (tertiary alicyclic amines) is 1. The molecule has 25 heavy (non-hydrogen) atoms. The monoisotopic (exact) mass is 341 g/mol. The molecule has 134 valence electrons. The van der Waals surface area contributed by atoms with Crippen LogP contribution < -0.4 is 5.32 Å². The number of carbonyl (C=O) groups is 1. The van der Waals surface area contributed by atoms with Gasteiger partial charge in [-0.3, -0.25) is 9.69 Å². The maximum absolute atomic E-state index is 12.5. The van der Waals surface area contributed by atoms with Crippen LogP contribution in [-0.2, 0) is 4.79 Å². The molecule has 0 radical (unpaired) electrons. The number of carbonyl (C=O) groups excluding carboxylic acids is 1. The van der Waals surface area contributed by atoms with E-state index in [4.69, 9.17) is 4.42 Å². The Kier molecular flexibility index (Phi) is 4.75. The van der Waals surface area contributed by atoms with E-state index in [1.807, 2.05) is 31.2 Å². The highest BCUT2D eigenvalue weighted by atomic mass is 16.3. The van der Waals surface area contributed by atoms with Gasteiger partial charge in [0.2, 0.25) is 5.91 Å². The van der Waals surface area contributed by atoms with Crippen molar-refractivity contribution >= 4 is 17.0 Å². The van der Waals surface area contributed by atoms with Crippen LogP contribution in [0.4, 0.5) is 0 Å². The Morgan fingerprint density at radius 2 is 1.92 bits per heavy atom. The van der Waals surface area contributed by atoms with Gasteiger partial charge in [0.05, 0.1) is 6.04 Å². The summed E-state index contributed by atoms with van der Waals surface area (Å²) in [6, 6.07) is 8.27. The van der Waals surface area contributed by atoms with E-state index in [1.54, 1.807) is 0 Å². The fourth-order valence-corrected chi connectivity index (χ4v) is 4.16. The first-order valence-electron chi connectivity index (χ1n) is 9.60. The number of nitrogens with zero attached hydrogens (tertiary/aromatic N) is 2. The molecule has 4 rings (SSSR count). The van der Waals surface area contributed by atoms with Crippen molar-refractivity contribution in [2.24, 2.45) is 0 Å². The first-order valence-corrected chi connectivity index (χ1v) is 9.60. The van der Waals surface area contributed by atoms with Gasteiger partial charge >= 0.3 is 0 Å². The van der Waals surface area contributed by atoms with Crippen molar-refractivity contribution in [1.82, 2.24) is 15.2 Å². The molecule has 1 aromatic heterocycles. The van der Waals surface area contributed by atoms with E-state index in [1.165, 1.54) is 12.8 Å². The maximum Gasteiger partial charge on any atom is 0.237 e. The molecular formula is C20H27N3O2. The van der Waals surface area contributed by atoms with Crippen LogP contribution in [0.25, 0.3) is 11.1 Å². The highest BCUT2D eigenvalue weighted by Gasteiger charge is 2.30. The van der Waals surface area contributed by atoms with Gasteiger partial charge in [-0.25, -0.2) is 4.98 Å². The molecule has 1 aliphatic heterocycles. The maximum atomic E-state index is 12.5. The number of amides is 1. The number of aromatic nitrogens is 1. The molecule has 1 saturated heterocycles. The van der Waals surface area contributed by atoms with Crippen molar-refractivity contribution < 1.29 is 9.21 Å². The summed E-state index contributed by atoms with van der Waals surface area (Å²) in [5, 5.41) is 3.23. The van der Waals surface area contributed by atoms with Crippen molar-refractivity contribution in [3.8, 4) is 0 Å². The third-order valence-corrected chi connectivity index (χ3v) is 5.82. The number of para-hydroxylation sites is 2. The van der Waals surface area contributed by atoms with Gasteiger partial charge in [0.15, 0.2) is 11.5 Å².